The molecule has 0 atom stereocenters. The van der Waals surface area contributed by atoms with Crippen LogP contribution in [0.3, 0.4) is 0 Å². The molecule has 2 N–H and O–H groups in total. The minimum absolute atomic E-state index is 0.433. The molecule has 0 unspecified atom stereocenters. The van der Waals surface area contributed by atoms with E-state index in [1.54, 1.807) is 13.4 Å². The van der Waals surface area contributed by atoms with E-state index in [1.807, 2.05) is 12.1 Å². The first-order valence-electron chi connectivity index (χ1n) is 9.71. The van der Waals surface area contributed by atoms with Gasteiger partial charge in [0.25, 0.3) is 0 Å². The number of para-hydroxylation sites is 1. The van der Waals surface area contributed by atoms with E-state index < -0.39 is 0 Å². The number of aliphatic imine (C=N–C) groups is 1. The van der Waals surface area contributed by atoms with Gasteiger partial charge in [-0.1, -0.05) is 18.2 Å². The van der Waals surface area contributed by atoms with Gasteiger partial charge in [-0.25, -0.2) is 0 Å². The van der Waals surface area contributed by atoms with Crippen molar-refractivity contribution in [3.8, 4) is 0 Å². The topological polar surface area (TPSA) is 62.0 Å². The highest BCUT2D eigenvalue weighted by atomic mass is 16.5. The minimum atomic E-state index is 0.433. The molecule has 6 nitrogen and oxygen atoms in total. The Labute approximate surface area is 161 Å². The molecule has 2 heterocycles. The lowest BCUT2D eigenvalue weighted by atomic mass is 10.0. The number of methoxy groups -OCH3 is 1. The van der Waals surface area contributed by atoms with Crippen LogP contribution in [0, 0.1) is 0 Å². The van der Waals surface area contributed by atoms with Crippen LogP contribution in [0.4, 0.5) is 5.69 Å². The first-order valence-corrected chi connectivity index (χ1v) is 9.71. The zero-order chi connectivity index (χ0) is 18.7. The average molecular weight is 370 g/mol. The van der Waals surface area contributed by atoms with Crippen molar-refractivity contribution in [2.24, 2.45) is 4.99 Å². The molecule has 3 rings (SSSR count). The summed E-state index contributed by atoms with van der Waals surface area (Å²) in [5, 5.41) is 7.01. The molecule has 0 amide bonds. The summed E-state index contributed by atoms with van der Waals surface area (Å²) in [6.45, 7) is 4.17. The third-order valence-electron chi connectivity index (χ3n) is 4.77. The molecule has 0 spiro atoms. The van der Waals surface area contributed by atoms with Gasteiger partial charge >= 0.3 is 0 Å². The molecule has 2 aromatic rings. The zero-order valence-corrected chi connectivity index (χ0v) is 16.1. The van der Waals surface area contributed by atoms with Gasteiger partial charge in [0.05, 0.1) is 19.4 Å². The van der Waals surface area contributed by atoms with Crippen molar-refractivity contribution in [1.29, 1.82) is 0 Å². The maximum atomic E-state index is 5.39. The number of benzene rings is 1. The summed E-state index contributed by atoms with van der Waals surface area (Å²) in [6.07, 6.45) is 4.74. The summed E-state index contributed by atoms with van der Waals surface area (Å²) >= 11 is 0. The molecule has 146 valence electrons. The summed E-state index contributed by atoms with van der Waals surface area (Å²) in [7, 11) is 1.70. The molecule has 1 fully saturated rings. The Morgan fingerprint density at radius 2 is 2.00 bits per heavy atom. The number of hydrogen-bond acceptors (Lipinski definition) is 4. The highest BCUT2D eigenvalue weighted by Crippen LogP contribution is 2.19. The van der Waals surface area contributed by atoms with E-state index >= 15 is 0 Å². The second-order valence-corrected chi connectivity index (χ2v) is 6.72. The van der Waals surface area contributed by atoms with Crippen LogP contribution in [-0.4, -0.2) is 51.9 Å². The van der Waals surface area contributed by atoms with Gasteiger partial charge in [0.1, 0.15) is 5.76 Å². The van der Waals surface area contributed by atoms with E-state index in [9.17, 15) is 0 Å². The Hall–Kier alpha value is -2.47. The van der Waals surface area contributed by atoms with E-state index in [0.29, 0.717) is 19.2 Å². The van der Waals surface area contributed by atoms with Crippen LogP contribution in [0.1, 0.15) is 18.6 Å². The molecule has 1 aliphatic rings. The molecule has 1 aliphatic heterocycles. The number of nitrogens with one attached hydrogen (secondary N) is 2. The largest absolute Gasteiger partial charge is 0.469 e. The average Bonchev–Trinajstić information content (AvgIpc) is 3.23. The van der Waals surface area contributed by atoms with Crippen molar-refractivity contribution in [3.63, 3.8) is 0 Å². The van der Waals surface area contributed by atoms with Crippen LogP contribution in [-0.2, 0) is 11.2 Å². The lowest BCUT2D eigenvalue weighted by Crippen LogP contribution is -2.49. The Balaban J connectivity index is 1.47. The maximum absolute atomic E-state index is 5.39. The standard InChI is InChI=1S/C21H30N4O2/c1-26-17-13-23-21(22-12-9-20-8-5-16-27-20)24-18-10-14-25(15-11-18)19-6-3-2-4-7-19/h2-8,16,18H,9-15,17H2,1H3,(H2,22,23,24). The predicted octanol–water partition coefficient (Wildman–Crippen LogP) is 2.67. The first kappa shape index (κ1) is 19.3. The number of furan rings is 1. The minimum Gasteiger partial charge on any atom is -0.469 e. The molecule has 6 heteroatoms. The van der Waals surface area contributed by atoms with Crippen LogP contribution in [0.2, 0.25) is 0 Å². The second kappa shape index (κ2) is 10.6. The summed E-state index contributed by atoms with van der Waals surface area (Å²) in [4.78, 5) is 7.08. The normalized spacial score (nSPS) is 15.7. The van der Waals surface area contributed by atoms with Crippen LogP contribution in [0.15, 0.2) is 58.1 Å². The van der Waals surface area contributed by atoms with Crippen molar-refractivity contribution in [1.82, 2.24) is 10.6 Å². The molecule has 1 saturated heterocycles. The molecule has 0 radical (unpaired) electrons. The van der Waals surface area contributed by atoms with Crippen LogP contribution in [0.5, 0.6) is 0 Å². The van der Waals surface area contributed by atoms with Gasteiger partial charge in [0, 0.05) is 44.9 Å². The molecule has 0 bridgehead atoms. The summed E-state index contributed by atoms with van der Waals surface area (Å²) in [5.74, 6) is 1.84. The van der Waals surface area contributed by atoms with Gasteiger partial charge in [-0.05, 0) is 37.1 Å². The molecule has 0 aliphatic carbocycles. The molecule has 0 saturated carbocycles. The summed E-state index contributed by atoms with van der Waals surface area (Å²) in [6, 6.07) is 15.0. The Bertz CT molecular complexity index is 665. The maximum Gasteiger partial charge on any atom is 0.191 e. The smallest absolute Gasteiger partial charge is 0.191 e. The van der Waals surface area contributed by atoms with Gasteiger partial charge in [0.15, 0.2) is 5.96 Å². The third kappa shape index (κ3) is 6.32. The van der Waals surface area contributed by atoms with Gasteiger partial charge in [0.2, 0.25) is 0 Å². The fraction of sp³-hybridized carbons (Fsp3) is 0.476. The summed E-state index contributed by atoms with van der Waals surface area (Å²) in [5.41, 5.74) is 1.31. The van der Waals surface area contributed by atoms with Gasteiger partial charge < -0.3 is 24.7 Å². The van der Waals surface area contributed by atoms with Crippen molar-refractivity contribution in [2.45, 2.75) is 25.3 Å². The third-order valence-corrected chi connectivity index (χ3v) is 4.77. The molecule has 1 aromatic heterocycles. The van der Waals surface area contributed by atoms with Crippen molar-refractivity contribution >= 4 is 11.6 Å². The van der Waals surface area contributed by atoms with Crippen molar-refractivity contribution in [3.05, 3.63) is 54.5 Å². The number of guanidine groups is 1. The summed E-state index contributed by atoms with van der Waals surface area (Å²) < 4.78 is 10.5. The predicted molar refractivity (Wildman–Crippen MR) is 109 cm³/mol. The molecular weight excluding hydrogens is 340 g/mol. The van der Waals surface area contributed by atoms with Crippen LogP contribution >= 0.6 is 0 Å². The second-order valence-electron chi connectivity index (χ2n) is 6.72. The quantitative estimate of drug-likeness (QED) is 0.425. The number of rotatable bonds is 8. The monoisotopic (exact) mass is 370 g/mol. The van der Waals surface area contributed by atoms with E-state index in [-0.39, 0.29) is 0 Å². The highest BCUT2D eigenvalue weighted by molar-refractivity contribution is 5.80. The van der Waals surface area contributed by atoms with E-state index in [0.717, 1.165) is 50.6 Å². The lowest BCUT2D eigenvalue weighted by molar-refractivity contribution is 0.207. The Kier molecular flexibility index (Phi) is 7.59. The molecule has 1 aromatic carbocycles. The number of ether oxygens (including phenoxy) is 1. The zero-order valence-electron chi connectivity index (χ0n) is 16.1. The van der Waals surface area contributed by atoms with Crippen molar-refractivity contribution in [2.75, 3.05) is 44.8 Å². The number of anilines is 1. The van der Waals surface area contributed by atoms with Crippen molar-refractivity contribution < 1.29 is 9.15 Å². The number of nitrogens with zero attached hydrogens (tertiary/aromatic N) is 2. The number of piperidine rings is 1. The Morgan fingerprint density at radius 3 is 2.70 bits per heavy atom. The number of hydrogen-bond donors (Lipinski definition) is 2. The molecular formula is C21H30N4O2. The van der Waals surface area contributed by atoms with Crippen LogP contribution < -0.4 is 15.5 Å². The van der Waals surface area contributed by atoms with Gasteiger partial charge in [-0.2, -0.15) is 0 Å². The lowest BCUT2D eigenvalue weighted by Gasteiger charge is -2.34. The molecule has 27 heavy (non-hydrogen) atoms. The van der Waals surface area contributed by atoms with Crippen LogP contribution in [0.25, 0.3) is 0 Å². The fourth-order valence-electron chi connectivity index (χ4n) is 3.27. The first-order chi connectivity index (χ1) is 13.3. The van der Waals surface area contributed by atoms with Gasteiger partial charge in [-0.15, -0.1) is 0 Å². The highest BCUT2D eigenvalue weighted by Gasteiger charge is 2.20. The Morgan fingerprint density at radius 1 is 1.19 bits per heavy atom. The van der Waals surface area contributed by atoms with E-state index in [1.165, 1.54) is 5.69 Å². The van der Waals surface area contributed by atoms with E-state index in [2.05, 4.69) is 50.9 Å². The SMILES string of the molecule is COCCN=C(NCCc1ccco1)NC1CCN(c2ccccc2)CC1. The fourth-order valence-corrected chi connectivity index (χ4v) is 3.27. The van der Waals surface area contributed by atoms with Gasteiger partial charge in [-0.3, -0.25) is 4.99 Å². The van der Waals surface area contributed by atoms with E-state index in [4.69, 9.17) is 9.15 Å².